The topological polar surface area (TPSA) is 47.4 Å². The quantitative estimate of drug-likeness (QED) is 0.802. The number of hydrogen-bond donors (Lipinski definition) is 0. The summed E-state index contributed by atoms with van der Waals surface area (Å²) in [6, 6.07) is 7.67. The van der Waals surface area contributed by atoms with Crippen molar-refractivity contribution in [3.8, 4) is 5.75 Å². The predicted molar refractivity (Wildman–Crippen MR) is 105 cm³/mol. The molecule has 0 N–H and O–H groups in total. The molecule has 4 rings (SSSR count). The van der Waals surface area contributed by atoms with E-state index >= 15 is 0 Å². The molecule has 2 aliphatic rings. The van der Waals surface area contributed by atoms with Crippen LogP contribution in [0, 0.1) is 5.92 Å². The van der Waals surface area contributed by atoms with Crippen molar-refractivity contribution in [2.24, 2.45) is 13.0 Å². The van der Waals surface area contributed by atoms with Gasteiger partial charge in [0, 0.05) is 37.8 Å². The number of aromatic nitrogens is 2. The maximum Gasteiger partial charge on any atom is 0.253 e. The lowest BCUT2D eigenvalue weighted by molar-refractivity contribution is 0.0790. The predicted octanol–water partition coefficient (Wildman–Crippen LogP) is 4.01. The zero-order valence-corrected chi connectivity index (χ0v) is 16.1. The van der Waals surface area contributed by atoms with E-state index in [1.165, 1.54) is 37.7 Å². The lowest BCUT2D eigenvalue weighted by Gasteiger charge is -2.21. The van der Waals surface area contributed by atoms with Crippen LogP contribution in [0.5, 0.6) is 5.75 Å². The molecular formula is C22H29N3O2. The normalized spacial score (nSPS) is 20.8. The third-order valence-corrected chi connectivity index (χ3v) is 5.98. The highest BCUT2D eigenvalue weighted by Gasteiger charge is 2.28. The zero-order chi connectivity index (χ0) is 18.6. The van der Waals surface area contributed by atoms with Crippen molar-refractivity contribution < 1.29 is 9.53 Å². The molecule has 144 valence electrons. The number of ether oxygens (including phenoxy) is 1. The minimum Gasteiger partial charge on any atom is -0.493 e. The number of benzene rings is 1. The van der Waals surface area contributed by atoms with Crippen LogP contribution in [0.1, 0.15) is 60.4 Å². The molecule has 1 aliphatic carbocycles. The van der Waals surface area contributed by atoms with Crippen molar-refractivity contribution >= 4 is 5.91 Å². The first kappa shape index (κ1) is 18.1. The SMILES string of the molecule is Cn1cc(C2CCN(C(=O)c3ccc(OCC4CCCCC4)cc3)C2)cn1. The van der Waals surface area contributed by atoms with Crippen LogP contribution in [0.3, 0.4) is 0 Å². The Balaban J connectivity index is 1.31. The monoisotopic (exact) mass is 367 g/mol. The highest BCUT2D eigenvalue weighted by Crippen LogP contribution is 2.28. The van der Waals surface area contributed by atoms with Crippen LogP contribution in [0.2, 0.25) is 0 Å². The Kier molecular flexibility index (Phi) is 5.46. The number of nitrogens with zero attached hydrogens (tertiary/aromatic N) is 3. The van der Waals surface area contributed by atoms with Gasteiger partial charge in [0.15, 0.2) is 0 Å². The smallest absolute Gasteiger partial charge is 0.253 e. The van der Waals surface area contributed by atoms with E-state index in [0.717, 1.165) is 37.4 Å². The maximum absolute atomic E-state index is 12.8. The van der Waals surface area contributed by atoms with Gasteiger partial charge in [-0.25, -0.2) is 0 Å². The fourth-order valence-electron chi connectivity index (χ4n) is 4.31. The lowest BCUT2D eigenvalue weighted by Crippen LogP contribution is -2.28. The summed E-state index contributed by atoms with van der Waals surface area (Å²) in [5.41, 5.74) is 1.96. The van der Waals surface area contributed by atoms with Crippen molar-refractivity contribution in [1.82, 2.24) is 14.7 Å². The number of likely N-dealkylation sites (tertiary alicyclic amines) is 1. The van der Waals surface area contributed by atoms with Gasteiger partial charge in [-0.2, -0.15) is 5.10 Å². The van der Waals surface area contributed by atoms with Crippen LogP contribution in [0.15, 0.2) is 36.7 Å². The van der Waals surface area contributed by atoms with Gasteiger partial charge in [-0.1, -0.05) is 19.3 Å². The van der Waals surface area contributed by atoms with Crippen LogP contribution in [0.4, 0.5) is 0 Å². The Morgan fingerprint density at radius 3 is 2.63 bits per heavy atom. The van der Waals surface area contributed by atoms with Gasteiger partial charge in [0.05, 0.1) is 12.8 Å². The molecule has 5 nitrogen and oxygen atoms in total. The second-order valence-corrected chi connectivity index (χ2v) is 8.02. The second kappa shape index (κ2) is 8.15. The number of rotatable bonds is 5. The molecule has 2 fully saturated rings. The van der Waals surface area contributed by atoms with Crippen LogP contribution < -0.4 is 4.74 Å². The Labute approximate surface area is 161 Å². The van der Waals surface area contributed by atoms with Gasteiger partial charge in [0.1, 0.15) is 5.75 Å². The highest BCUT2D eigenvalue weighted by molar-refractivity contribution is 5.94. The molecule has 1 unspecified atom stereocenters. The second-order valence-electron chi connectivity index (χ2n) is 8.02. The number of carbonyl (C=O) groups excluding carboxylic acids is 1. The molecule has 1 saturated carbocycles. The Morgan fingerprint density at radius 2 is 1.93 bits per heavy atom. The van der Waals surface area contributed by atoms with Crippen LogP contribution >= 0.6 is 0 Å². The summed E-state index contributed by atoms with van der Waals surface area (Å²) in [6.45, 7) is 2.37. The van der Waals surface area contributed by atoms with E-state index in [0.29, 0.717) is 11.8 Å². The fraction of sp³-hybridized carbons (Fsp3) is 0.545. The maximum atomic E-state index is 12.8. The molecule has 0 spiro atoms. The molecule has 27 heavy (non-hydrogen) atoms. The van der Waals surface area contributed by atoms with Gasteiger partial charge >= 0.3 is 0 Å². The molecule has 1 aliphatic heterocycles. The molecule has 1 aromatic carbocycles. The van der Waals surface area contributed by atoms with Crippen molar-refractivity contribution in [2.45, 2.75) is 44.4 Å². The average molecular weight is 367 g/mol. The number of aryl methyl sites for hydroxylation is 1. The van der Waals surface area contributed by atoms with E-state index in [1.807, 2.05) is 47.1 Å². The van der Waals surface area contributed by atoms with Crippen LogP contribution in [-0.4, -0.2) is 40.3 Å². The summed E-state index contributed by atoms with van der Waals surface area (Å²) in [5.74, 6) is 2.06. The summed E-state index contributed by atoms with van der Waals surface area (Å²) < 4.78 is 7.77. The van der Waals surface area contributed by atoms with Gasteiger partial charge in [0.25, 0.3) is 5.91 Å². The van der Waals surface area contributed by atoms with E-state index in [1.54, 1.807) is 0 Å². The first-order valence-corrected chi connectivity index (χ1v) is 10.2. The van der Waals surface area contributed by atoms with Gasteiger partial charge in [-0.3, -0.25) is 9.48 Å². The molecule has 1 saturated heterocycles. The summed E-state index contributed by atoms with van der Waals surface area (Å²) in [7, 11) is 1.93. The van der Waals surface area contributed by atoms with E-state index in [2.05, 4.69) is 11.3 Å². The molecular weight excluding hydrogens is 338 g/mol. The fourth-order valence-corrected chi connectivity index (χ4v) is 4.31. The molecule has 0 bridgehead atoms. The van der Waals surface area contributed by atoms with Crippen molar-refractivity contribution in [3.63, 3.8) is 0 Å². The molecule has 1 amide bonds. The summed E-state index contributed by atoms with van der Waals surface area (Å²) >= 11 is 0. The van der Waals surface area contributed by atoms with Gasteiger partial charge < -0.3 is 9.64 Å². The lowest BCUT2D eigenvalue weighted by atomic mass is 9.90. The van der Waals surface area contributed by atoms with Crippen molar-refractivity contribution in [2.75, 3.05) is 19.7 Å². The Hall–Kier alpha value is -2.30. The van der Waals surface area contributed by atoms with Gasteiger partial charge in [0.2, 0.25) is 0 Å². The third kappa shape index (κ3) is 4.34. The molecule has 2 aromatic rings. The first-order valence-electron chi connectivity index (χ1n) is 10.2. The molecule has 0 radical (unpaired) electrons. The molecule has 1 atom stereocenters. The molecule has 5 heteroatoms. The largest absolute Gasteiger partial charge is 0.493 e. The van der Waals surface area contributed by atoms with Gasteiger partial charge in [-0.15, -0.1) is 0 Å². The number of carbonyl (C=O) groups is 1. The minimum absolute atomic E-state index is 0.111. The summed E-state index contributed by atoms with van der Waals surface area (Å²) in [6.07, 6.45) is 11.6. The van der Waals surface area contributed by atoms with Crippen LogP contribution in [0.25, 0.3) is 0 Å². The highest BCUT2D eigenvalue weighted by atomic mass is 16.5. The Bertz CT molecular complexity index is 762. The summed E-state index contributed by atoms with van der Waals surface area (Å²) in [4.78, 5) is 14.8. The Morgan fingerprint density at radius 1 is 1.15 bits per heavy atom. The molecule has 2 heterocycles. The number of amides is 1. The zero-order valence-electron chi connectivity index (χ0n) is 16.1. The van der Waals surface area contributed by atoms with Crippen molar-refractivity contribution in [3.05, 3.63) is 47.8 Å². The van der Waals surface area contributed by atoms with Crippen LogP contribution in [-0.2, 0) is 7.05 Å². The standard InChI is InChI=1S/C22H29N3O2/c1-24-14-20(13-23-24)19-11-12-25(15-19)22(26)18-7-9-21(10-8-18)27-16-17-5-3-2-4-6-17/h7-10,13-14,17,19H,2-6,11-12,15-16H2,1H3. The third-order valence-electron chi connectivity index (χ3n) is 5.98. The number of hydrogen-bond acceptors (Lipinski definition) is 3. The minimum atomic E-state index is 0.111. The van der Waals surface area contributed by atoms with E-state index in [-0.39, 0.29) is 5.91 Å². The van der Waals surface area contributed by atoms with Gasteiger partial charge in [-0.05, 0) is 55.0 Å². The molecule has 1 aromatic heterocycles. The van der Waals surface area contributed by atoms with E-state index < -0.39 is 0 Å². The van der Waals surface area contributed by atoms with E-state index in [9.17, 15) is 4.79 Å². The van der Waals surface area contributed by atoms with E-state index in [4.69, 9.17) is 4.74 Å². The van der Waals surface area contributed by atoms with Crippen molar-refractivity contribution in [1.29, 1.82) is 0 Å². The first-order chi connectivity index (χ1) is 13.2. The average Bonchev–Trinajstić information content (AvgIpc) is 3.36. The summed E-state index contributed by atoms with van der Waals surface area (Å²) in [5, 5.41) is 4.25.